The second-order valence-corrected chi connectivity index (χ2v) is 6.66. The number of aliphatic hydroxyl groups excluding tert-OH is 1. The van der Waals surface area contributed by atoms with Gasteiger partial charge in [0.1, 0.15) is 6.61 Å². The van der Waals surface area contributed by atoms with E-state index in [1.165, 1.54) is 24.2 Å². The van der Waals surface area contributed by atoms with E-state index in [1.807, 2.05) is 17.9 Å². The molecule has 1 saturated heterocycles. The molecule has 0 spiro atoms. The maximum atomic E-state index is 12.5. The summed E-state index contributed by atoms with van der Waals surface area (Å²) in [6.07, 6.45) is 4.76. The number of piperidine rings is 1. The van der Waals surface area contributed by atoms with E-state index in [4.69, 9.17) is 5.11 Å². The lowest BCUT2D eigenvalue weighted by molar-refractivity contribution is 0.0691. The van der Waals surface area contributed by atoms with Crippen LogP contribution in [0.5, 0.6) is 0 Å². The molecule has 0 saturated carbocycles. The molecule has 0 radical (unpaired) electrons. The van der Waals surface area contributed by atoms with Crippen LogP contribution in [0, 0.1) is 24.7 Å². The molecule has 4 heteroatoms. The Morgan fingerprint density at radius 3 is 2.81 bits per heavy atom. The number of hydrogen-bond acceptors (Lipinski definition) is 3. The first-order valence-corrected chi connectivity index (χ1v) is 8.46. The number of nitrogens with zero attached hydrogens (tertiary/aromatic N) is 1. The Kier molecular flexibility index (Phi) is 5.84. The molecule has 0 atom stereocenters. The first-order chi connectivity index (χ1) is 10.2. The predicted octanol–water partition coefficient (Wildman–Crippen LogP) is 3.05. The maximum Gasteiger partial charge on any atom is 0.263 e. The average molecular weight is 305 g/mol. The van der Waals surface area contributed by atoms with E-state index < -0.39 is 0 Å². The van der Waals surface area contributed by atoms with Crippen LogP contribution in [0.15, 0.2) is 6.07 Å². The summed E-state index contributed by atoms with van der Waals surface area (Å²) in [5.74, 6) is 6.48. The van der Waals surface area contributed by atoms with Gasteiger partial charge in [0, 0.05) is 13.1 Å². The number of aliphatic hydroxyl groups is 1. The monoisotopic (exact) mass is 305 g/mol. The molecule has 2 heterocycles. The number of amides is 1. The highest BCUT2D eigenvalue weighted by Gasteiger charge is 2.24. The van der Waals surface area contributed by atoms with Gasteiger partial charge in [-0.3, -0.25) is 4.79 Å². The molecule has 0 bridgehead atoms. The maximum absolute atomic E-state index is 12.5. The van der Waals surface area contributed by atoms with E-state index in [0.717, 1.165) is 47.2 Å². The number of likely N-dealkylation sites (tertiary alicyclic amines) is 1. The highest BCUT2D eigenvalue weighted by Crippen LogP contribution is 2.26. The SMILES string of the molecule is CCCC1CCN(C(=O)c2cc(C)c(C#CCO)s2)CC1. The van der Waals surface area contributed by atoms with E-state index in [9.17, 15) is 4.79 Å². The van der Waals surface area contributed by atoms with Gasteiger partial charge in [0.25, 0.3) is 5.91 Å². The summed E-state index contributed by atoms with van der Waals surface area (Å²) in [7, 11) is 0. The Morgan fingerprint density at radius 2 is 2.19 bits per heavy atom. The first kappa shape index (κ1) is 16.1. The zero-order valence-electron chi connectivity index (χ0n) is 12.8. The number of thiophene rings is 1. The van der Waals surface area contributed by atoms with Gasteiger partial charge in [0.05, 0.1) is 9.75 Å². The fourth-order valence-corrected chi connectivity index (χ4v) is 3.84. The molecule has 0 aromatic carbocycles. The fourth-order valence-electron chi connectivity index (χ4n) is 2.82. The van der Waals surface area contributed by atoms with Crippen molar-refractivity contribution in [2.75, 3.05) is 19.7 Å². The van der Waals surface area contributed by atoms with Crippen molar-refractivity contribution in [2.24, 2.45) is 5.92 Å². The van der Waals surface area contributed by atoms with Crippen LogP contribution in [0.4, 0.5) is 0 Å². The van der Waals surface area contributed by atoms with Crippen LogP contribution in [0.2, 0.25) is 0 Å². The lowest BCUT2D eigenvalue weighted by Gasteiger charge is -2.31. The van der Waals surface area contributed by atoms with Gasteiger partial charge in [0.15, 0.2) is 0 Å². The quantitative estimate of drug-likeness (QED) is 0.872. The molecule has 114 valence electrons. The molecular formula is C17H23NO2S. The Bertz CT molecular complexity index is 545. The summed E-state index contributed by atoms with van der Waals surface area (Å²) >= 11 is 1.44. The van der Waals surface area contributed by atoms with Crippen molar-refractivity contribution in [2.45, 2.75) is 39.5 Å². The Labute approximate surface area is 131 Å². The lowest BCUT2D eigenvalue weighted by Crippen LogP contribution is -2.38. The third-order valence-corrected chi connectivity index (χ3v) is 5.15. The van der Waals surface area contributed by atoms with Crippen LogP contribution in [0.3, 0.4) is 0 Å². The number of rotatable bonds is 3. The summed E-state index contributed by atoms with van der Waals surface area (Å²) < 4.78 is 0. The summed E-state index contributed by atoms with van der Waals surface area (Å²) in [4.78, 5) is 16.2. The molecule has 1 fully saturated rings. The smallest absolute Gasteiger partial charge is 0.263 e. The van der Waals surface area contributed by atoms with Crippen molar-refractivity contribution in [1.82, 2.24) is 4.90 Å². The number of carbonyl (C=O) groups is 1. The largest absolute Gasteiger partial charge is 0.384 e. The first-order valence-electron chi connectivity index (χ1n) is 7.65. The zero-order valence-corrected chi connectivity index (χ0v) is 13.6. The van der Waals surface area contributed by atoms with Crippen molar-refractivity contribution in [3.63, 3.8) is 0 Å². The van der Waals surface area contributed by atoms with Gasteiger partial charge in [-0.15, -0.1) is 11.3 Å². The van der Waals surface area contributed by atoms with Gasteiger partial charge in [-0.05, 0) is 37.3 Å². The standard InChI is InChI=1S/C17H23NO2S/c1-3-5-14-7-9-18(10-8-14)17(20)16-12-13(2)15(21-16)6-4-11-19/h12,14,19H,3,5,7-11H2,1-2H3. The summed E-state index contributed by atoms with van der Waals surface area (Å²) in [6.45, 7) is 5.78. The molecule has 1 amide bonds. The Balaban J connectivity index is 2.01. The van der Waals surface area contributed by atoms with Gasteiger partial charge >= 0.3 is 0 Å². The van der Waals surface area contributed by atoms with Crippen LogP contribution >= 0.6 is 11.3 Å². The van der Waals surface area contributed by atoms with Crippen LogP contribution in [0.1, 0.15) is 52.7 Å². The summed E-state index contributed by atoms with van der Waals surface area (Å²) in [5.41, 5.74) is 1.02. The van der Waals surface area contributed by atoms with Gasteiger partial charge in [-0.25, -0.2) is 0 Å². The highest BCUT2D eigenvalue weighted by molar-refractivity contribution is 7.14. The molecule has 1 aliphatic rings. The van der Waals surface area contributed by atoms with Gasteiger partial charge in [0.2, 0.25) is 0 Å². The van der Waals surface area contributed by atoms with Crippen molar-refractivity contribution in [3.05, 3.63) is 21.4 Å². The Hall–Kier alpha value is -1.31. The highest BCUT2D eigenvalue weighted by atomic mass is 32.1. The van der Waals surface area contributed by atoms with Crippen LogP contribution in [-0.4, -0.2) is 35.6 Å². The van der Waals surface area contributed by atoms with Gasteiger partial charge < -0.3 is 10.0 Å². The Morgan fingerprint density at radius 1 is 1.48 bits per heavy atom. The second-order valence-electron chi connectivity index (χ2n) is 5.61. The number of hydrogen-bond donors (Lipinski definition) is 1. The van der Waals surface area contributed by atoms with Gasteiger partial charge in [-0.2, -0.15) is 0 Å². The third-order valence-electron chi connectivity index (χ3n) is 4.01. The molecule has 2 rings (SSSR count). The topological polar surface area (TPSA) is 40.5 Å². The minimum absolute atomic E-state index is 0.134. The molecule has 1 aromatic rings. The molecule has 1 aliphatic heterocycles. The van der Waals surface area contributed by atoms with E-state index in [1.54, 1.807) is 0 Å². The van der Waals surface area contributed by atoms with Crippen LogP contribution < -0.4 is 0 Å². The van der Waals surface area contributed by atoms with Crippen LogP contribution in [0.25, 0.3) is 0 Å². The summed E-state index contributed by atoms with van der Waals surface area (Å²) in [6, 6.07) is 1.92. The fraction of sp³-hybridized carbons (Fsp3) is 0.588. The van der Waals surface area contributed by atoms with E-state index in [-0.39, 0.29) is 12.5 Å². The van der Waals surface area contributed by atoms with E-state index in [0.29, 0.717) is 0 Å². The number of carbonyl (C=O) groups excluding carboxylic acids is 1. The second kappa shape index (κ2) is 7.63. The molecule has 0 aliphatic carbocycles. The van der Waals surface area contributed by atoms with Crippen molar-refractivity contribution in [3.8, 4) is 11.8 Å². The van der Waals surface area contributed by atoms with E-state index >= 15 is 0 Å². The van der Waals surface area contributed by atoms with Crippen molar-refractivity contribution < 1.29 is 9.90 Å². The molecule has 3 nitrogen and oxygen atoms in total. The predicted molar refractivity (Wildman–Crippen MR) is 86.6 cm³/mol. The molecule has 21 heavy (non-hydrogen) atoms. The normalized spacial score (nSPS) is 15.7. The molecule has 1 N–H and O–H groups in total. The minimum atomic E-state index is -0.147. The molecule has 0 unspecified atom stereocenters. The molecule has 1 aromatic heterocycles. The summed E-state index contributed by atoms with van der Waals surface area (Å²) in [5, 5.41) is 8.76. The number of aryl methyl sites for hydroxylation is 1. The zero-order chi connectivity index (χ0) is 15.2. The average Bonchev–Trinajstić information content (AvgIpc) is 2.86. The minimum Gasteiger partial charge on any atom is -0.384 e. The lowest BCUT2D eigenvalue weighted by atomic mass is 9.92. The van der Waals surface area contributed by atoms with Gasteiger partial charge in [-0.1, -0.05) is 31.6 Å². The van der Waals surface area contributed by atoms with Crippen LogP contribution in [-0.2, 0) is 0 Å². The molecular weight excluding hydrogens is 282 g/mol. The van der Waals surface area contributed by atoms with Crippen molar-refractivity contribution in [1.29, 1.82) is 0 Å². The van der Waals surface area contributed by atoms with Crippen molar-refractivity contribution >= 4 is 17.2 Å². The van der Waals surface area contributed by atoms with E-state index in [2.05, 4.69) is 18.8 Å². The third kappa shape index (κ3) is 4.09.